The topological polar surface area (TPSA) is 78.6 Å². The fourth-order valence-corrected chi connectivity index (χ4v) is 4.37. The van der Waals surface area contributed by atoms with E-state index in [9.17, 15) is 9.36 Å². The van der Waals surface area contributed by atoms with Gasteiger partial charge < -0.3 is 15.0 Å². The minimum Gasteiger partial charge on any atom is -0.462 e. The van der Waals surface area contributed by atoms with E-state index >= 15 is 0 Å². The smallest absolute Gasteiger partial charge is 0.341 e. The first-order valence-corrected chi connectivity index (χ1v) is 8.15. The maximum Gasteiger partial charge on any atom is 0.341 e. The van der Waals surface area contributed by atoms with Crippen molar-refractivity contribution in [3.8, 4) is 0 Å². The molecule has 1 aromatic heterocycles. The van der Waals surface area contributed by atoms with Gasteiger partial charge in [0.1, 0.15) is 10.2 Å². The zero-order valence-electron chi connectivity index (χ0n) is 10.1. The highest BCUT2D eigenvalue weighted by molar-refractivity contribution is 7.72. The van der Waals surface area contributed by atoms with Gasteiger partial charge in [-0.15, -0.1) is 11.3 Å². The monoisotopic (exact) mass is 277 g/mol. The highest BCUT2D eigenvalue weighted by atomic mass is 32.1. The molecule has 0 aliphatic heterocycles. The number of nitrogen functional groups attached to an aromatic ring is 1. The van der Waals surface area contributed by atoms with Gasteiger partial charge in [-0.2, -0.15) is 0 Å². The Morgan fingerprint density at radius 2 is 2.12 bits per heavy atom. The molecule has 17 heavy (non-hydrogen) atoms. The summed E-state index contributed by atoms with van der Waals surface area (Å²) in [5, 5.41) is 1.58. The molecular formula is C10H16NO4PS. The van der Waals surface area contributed by atoms with Crippen molar-refractivity contribution in [2.24, 2.45) is 0 Å². The minimum absolute atomic E-state index is 0.177. The van der Waals surface area contributed by atoms with Gasteiger partial charge in [-0.1, -0.05) is 0 Å². The molecule has 0 aromatic carbocycles. The number of hydrogen-bond donors (Lipinski definition) is 1. The Morgan fingerprint density at radius 3 is 2.65 bits per heavy atom. The highest BCUT2D eigenvalue weighted by Crippen LogP contribution is 2.45. The van der Waals surface area contributed by atoms with Crippen molar-refractivity contribution >= 4 is 35.0 Å². The predicted octanol–water partition coefficient (Wildman–Crippen LogP) is 2.08. The molecule has 0 spiro atoms. The molecule has 1 aromatic rings. The summed E-state index contributed by atoms with van der Waals surface area (Å²) in [6.07, 6.45) is 0. The first-order valence-electron chi connectivity index (χ1n) is 5.20. The van der Waals surface area contributed by atoms with Crippen LogP contribution in [-0.4, -0.2) is 25.8 Å². The zero-order valence-corrected chi connectivity index (χ0v) is 11.8. The maximum atomic E-state index is 12.3. The van der Waals surface area contributed by atoms with E-state index < -0.39 is 13.3 Å². The molecule has 96 valence electrons. The number of ether oxygens (including phenoxy) is 1. The van der Waals surface area contributed by atoms with Crippen molar-refractivity contribution in [3.05, 3.63) is 10.9 Å². The molecule has 0 saturated carbocycles. The zero-order chi connectivity index (χ0) is 13.1. The molecular weight excluding hydrogens is 261 g/mol. The largest absolute Gasteiger partial charge is 0.462 e. The summed E-state index contributed by atoms with van der Waals surface area (Å²) in [6.45, 7) is 5.49. The molecule has 5 nitrogen and oxygen atoms in total. The van der Waals surface area contributed by atoms with Crippen LogP contribution in [0.25, 0.3) is 0 Å². The van der Waals surface area contributed by atoms with E-state index in [1.54, 1.807) is 19.2 Å². The van der Waals surface area contributed by atoms with E-state index in [1.807, 2.05) is 0 Å². The van der Waals surface area contributed by atoms with Crippen LogP contribution in [0.4, 0.5) is 5.69 Å². The number of thiophene rings is 1. The molecule has 2 N–H and O–H groups in total. The van der Waals surface area contributed by atoms with Gasteiger partial charge in [-0.25, -0.2) is 4.79 Å². The van der Waals surface area contributed by atoms with Gasteiger partial charge in [0, 0.05) is 12.0 Å². The first-order chi connectivity index (χ1) is 7.94. The Bertz CT molecular complexity index is 457. The predicted molar refractivity (Wildman–Crippen MR) is 69.5 cm³/mol. The molecule has 0 bridgehead atoms. The summed E-state index contributed by atoms with van der Waals surface area (Å²) in [6, 6.07) is 0. The third-order valence-electron chi connectivity index (χ3n) is 2.02. The van der Waals surface area contributed by atoms with Crippen LogP contribution in [0, 0.1) is 0 Å². The van der Waals surface area contributed by atoms with Gasteiger partial charge in [-0.3, -0.25) is 4.57 Å². The Morgan fingerprint density at radius 1 is 1.47 bits per heavy atom. The number of anilines is 1. The molecule has 0 radical (unpaired) electrons. The highest BCUT2D eigenvalue weighted by Gasteiger charge is 2.30. The lowest BCUT2D eigenvalue weighted by molar-refractivity contribution is 0.0529. The lowest BCUT2D eigenvalue weighted by Crippen LogP contribution is -2.17. The van der Waals surface area contributed by atoms with E-state index in [1.165, 1.54) is 6.66 Å². The van der Waals surface area contributed by atoms with Gasteiger partial charge in [0.15, 0.2) is 0 Å². The second-order valence-electron chi connectivity index (χ2n) is 3.36. The number of rotatable bonds is 5. The van der Waals surface area contributed by atoms with Crippen molar-refractivity contribution in [1.82, 2.24) is 0 Å². The molecule has 1 heterocycles. The van der Waals surface area contributed by atoms with Crippen LogP contribution < -0.4 is 10.4 Å². The lowest BCUT2D eigenvalue weighted by atomic mass is 10.3. The number of carbonyl (C=O) groups excluding carboxylic acids is 1. The van der Waals surface area contributed by atoms with Crippen LogP contribution >= 0.6 is 18.7 Å². The summed E-state index contributed by atoms with van der Waals surface area (Å²) in [5.74, 6) is -0.553. The lowest BCUT2D eigenvalue weighted by Gasteiger charge is -2.12. The maximum absolute atomic E-state index is 12.3. The normalized spacial score (nSPS) is 14.3. The number of hydrogen-bond acceptors (Lipinski definition) is 6. The number of nitrogens with two attached hydrogens (primary N) is 1. The quantitative estimate of drug-likeness (QED) is 0.658. The standard InChI is InChI=1S/C10H16NO4PS/c1-4-14-9(12)8-7(11)6-17-10(8)16(3,13)15-5-2/h6H,4-5,11H2,1-3H3. The molecule has 0 aliphatic rings. The summed E-state index contributed by atoms with van der Waals surface area (Å²) in [4.78, 5) is 11.7. The van der Waals surface area contributed by atoms with Crippen LogP contribution in [0.15, 0.2) is 5.38 Å². The molecule has 7 heteroatoms. The van der Waals surface area contributed by atoms with Crippen molar-refractivity contribution in [3.63, 3.8) is 0 Å². The van der Waals surface area contributed by atoms with E-state index in [4.69, 9.17) is 15.0 Å². The van der Waals surface area contributed by atoms with Crippen molar-refractivity contribution in [1.29, 1.82) is 0 Å². The fourth-order valence-electron chi connectivity index (χ4n) is 1.37. The molecule has 1 atom stereocenters. The first kappa shape index (κ1) is 14.2. The van der Waals surface area contributed by atoms with Gasteiger partial charge in [0.2, 0.25) is 7.37 Å². The van der Waals surface area contributed by atoms with Crippen molar-refractivity contribution in [2.75, 3.05) is 25.6 Å². The summed E-state index contributed by atoms with van der Waals surface area (Å²) >= 11 is 1.16. The SMILES string of the molecule is CCOC(=O)c1c(N)csc1P(C)(=O)OCC. The van der Waals surface area contributed by atoms with E-state index in [2.05, 4.69) is 0 Å². The summed E-state index contributed by atoms with van der Waals surface area (Å²) in [5.41, 5.74) is 6.16. The number of esters is 1. The molecule has 0 fully saturated rings. The van der Waals surface area contributed by atoms with E-state index in [-0.39, 0.29) is 17.9 Å². The molecule has 0 amide bonds. The average Bonchev–Trinajstić information content (AvgIpc) is 2.61. The van der Waals surface area contributed by atoms with Crippen LogP contribution in [0.3, 0.4) is 0 Å². The van der Waals surface area contributed by atoms with Crippen LogP contribution in [0.2, 0.25) is 0 Å². The average molecular weight is 277 g/mol. The van der Waals surface area contributed by atoms with Crippen LogP contribution in [-0.2, 0) is 13.8 Å². The second kappa shape index (κ2) is 5.67. The Kier molecular flexibility index (Phi) is 4.74. The summed E-state index contributed by atoms with van der Waals surface area (Å²) in [7, 11) is -3.00. The van der Waals surface area contributed by atoms with Crippen LogP contribution in [0.1, 0.15) is 24.2 Å². The molecule has 1 rings (SSSR count). The fraction of sp³-hybridized carbons (Fsp3) is 0.500. The summed E-state index contributed by atoms with van der Waals surface area (Å²) < 4.78 is 22.7. The molecule has 1 unspecified atom stereocenters. The van der Waals surface area contributed by atoms with E-state index in [0.29, 0.717) is 11.2 Å². The van der Waals surface area contributed by atoms with Crippen LogP contribution in [0.5, 0.6) is 0 Å². The number of carbonyl (C=O) groups is 1. The van der Waals surface area contributed by atoms with Crippen molar-refractivity contribution in [2.45, 2.75) is 13.8 Å². The second-order valence-corrected chi connectivity index (χ2v) is 6.93. The van der Waals surface area contributed by atoms with Gasteiger partial charge in [0.05, 0.1) is 18.9 Å². The minimum atomic E-state index is -3.00. The Hall–Kier alpha value is -0.840. The Labute approximate surface area is 104 Å². The Balaban J connectivity index is 3.18. The van der Waals surface area contributed by atoms with Gasteiger partial charge in [-0.05, 0) is 13.8 Å². The van der Waals surface area contributed by atoms with Crippen molar-refractivity contribution < 1.29 is 18.6 Å². The third-order valence-corrected chi connectivity index (χ3v) is 5.85. The van der Waals surface area contributed by atoms with E-state index in [0.717, 1.165) is 11.3 Å². The molecule has 0 saturated heterocycles. The van der Waals surface area contributed by atoms with Gasteiger partial charge >= 0.3 is 5.97 Å². The molecule has 0 aliphatic carbocycles. The van der Waals surface area contributed by atoms with Gasteiger partial charge in [0.25, 0.3) is 0 Å². The third kappa shape index (κ3) is 3.09.